The Balaban J connectivity index is 3.89. The van der Waals surface area contributed by atoms with E-state index in [1.807, 2.05) is 0 Å². The Kier molecular flexibility index (Phi) is 44.6. The number of alkyl carbamates (subject to hydrolysis) is 1. The van der Waals surface area contributed by atoms with Crippen LogP contribution in [0.5, 0.6) is 0 Å². The van der Waals surface area contributed by atoms with Crippen LogP contribution in [0.2, 0.25) is 0 Å². The zero-order valence-corrected chi connectivity index (χ0v) is 35.2. The van der Waals surface area contributed by atoms with Crippen molar-refractivity contribution in [3.05, 3.63) is 0 Å². The number of rotatable bonds is 44. The fourth-order valence-electron chi connectivity index (χ4n) is 6.97. The van der Waals surface area contributed by atoms with Crippen LogP contribution in [0.3, 0.4) is 0 Å². The second-order valence-electron chi connectivity index (χ2n) is 15.8. The summed E-state index contributed by atoms with van der Waals surface area (Å²) in [5.41, 5.74) is 0. The summed E-state index contributed by atoms with van der Waals surface area (Å²) in [5, 5.41) is 2.89. The average molecular weight is 724 g/mol. The molecule has 0 aliphatic heterocycles. The van der Waals surface area contributed by atoms with E-state index in [0.29, 0.717) is 19.8 Å². The normalized spacial score (nSPS) is 12.1. The minimum absolute atomic E-state index is 0.187. The Morgan fingerprint density at radius 3 is 1.08 bits per heavy atom. The molecule has 0 saturated carbocycles. The molecule has 0 aromatic carbocycles. The van der Waals surface area contributed by atoms with Gasteiger partial charge in [-0.15, -0.1) is 0 Å². The molecule has 0 fully saturated rings. The number of nitrogens with one attached hydrogen (secondary N) is 1. The van der Waals surface area contributed by atoms with E-state index in [9.17, 15) is 4.79 Å². The van der Waals surface area contributed by atoms with Crippen molar-refractivity contribution in [1.29, 1.82) is 0 Å². The van der Waals surface area contributed by atoms with Gasteiger partial charge in [0.15, 0.2) is 0 Å². The molecule has 0 unspecified atom stereocenters. The fourth-order valence-corrected chi connectivity index (χ4v) is 6.97. The highest BCUT2D eigenvalue weighted by Crippen LogP contribution is 2.15. The SMILES string of the molecule is CCCCCCCCCCCCCCCCCCOC[C@H](COC(=O)NCCCCCC)OCCCCCCCCCCCCCCCCCC. The van der Waals surface area contributed by atoms with Crippen molar-refractivity contribution < 1.29 is 19.0 Å². The van der Waals surface area contributed by atoms with Gasteiger partial charge in [0.05, 0.1) is 6.61 Å². The second-order valence-corrected chi connectivity index (χ2v) is 15.8. The Labute approximate surface area is 320 Å². The van der Waals surface area contributed by atoms with Crippen molar-refractivity contribution in [2.24, 2.45) is 0 Å². The lowest BCUT2D eigenvalue weighted by molar-refractivity contribution is -0.0468. The Morgan fingerprint density at radius 2 is 0.706 bits per heavy atom. The summed E-state index contributed by atoms with van der Waals surface area (Å²) in [6.45, 7) is 9.71. The van der Waals surface area contributed by atoms with E-state index in [2.05, 4.69) is 26.1 Å². The second kappa shape index (κ2) is 45.3. The third kappa shape index (κ3) is 43.5. The minimum atomic E-state index is -0.333. The predicted molar refractivity (Wildman–Crippen MR) is 223 cm³/mol. The maximum atomic E-state index is 12.2. The van der Waals surface area contributed by atoms with Crippen molar-refractivity contribution in [2.75, 3.05) is 33.0 Å². The molecular formula is C46H93NO4. The van der Waals surface area contributed by atoms with Gasteiger partial charge in [0.2, 0.25) is 0 Å². The fraction of sp³-hybridized carbons (Fsp3) is 0.978. The molecule has 5 heteroatoms. The highest BCUT2D eigenvalue weighted by molar-refractivity contribution is 5.67. The predicted octanol–water partition coefficient (Wildman–Crippen LogP) is 15.2. The molecule has 0 aromatic heterocycles. The summed E-state index contributed by atoms with van der Waals surface area (Å²) in [6.07, 6.45) is 48.0. The molecule has 51 heavy (non-hydrogen) atoms. The Morgan fingerprint density at radius 1 is 0.392 bits per heavy atom. The largest absolute Gasteiger partial charge is 0.447 e. The van der Waals surface area contributed by atoms with Crippen LogP contribution in [0.15, 0.2) is 0 Å². The number of unbranched alkanes of at least 4 members (excludes halogenated alkanes) is 33. The van der Waals surface area contributed by atoms with E-state index in [1.165, 1.54) is 205 Å². The number of amides is 1. The zero-order valence-electron chi connectivity index (χ0n) is 35.2. The molecular weight excluding hydrogens is 631 g/mol. The number of hydrogen-bond donors (Lipinski definition) is 1. The molecule has 0 aliphatic rings. The first-order chi connectivity index (χ1) is 25.2. The summed E-state index contributed by atoms with van der Waals surface area (Å²) < 4.78 is 17.7. The summed E-state index contributed by atoms with van der Waals surface area (Å²) in [4.78, 5) is 12.2. The van der Waals surface area contributed by atoms with Gasteiger partial charge in [-0.1, -0.05) is 233 Å². The van der Waals surface area contributed by atoms with Crippen molar-refractivity contribution in [3.8, 4) is 0 Å². The number of hydrogen-bond acceptors (Lipinski definition) is 4. The van der Waals surface area contributed by atoms with Gasteiger partial charge in [0, 0.05) is 19.8 Å². The van der Waals surface area contributed by atoms with Gasteiger partial charge >= 0.3 is 6.09 Å². The molecule has 1 atom stereocenters. The minimum Gasteiger partial charge on any atom is -0.447 e. The van der Waals surface area contributed by atoms with Crippen LogP contribution in [0, 0.1) is 0 Å². The summed E-state index contributed by atoms with van der Waals surface area (Å²) in [6, 6.07) is 0. The molecule has 0 heterocycles. The molecule has 0 saturated heterocycles. The number of ether oxygens (including phenoxy) is 3. The van der Waals surface area contributed by atoms with Gasteiger partial charge in [-0.25, -0.2) is 4.79 Å². The van der Waals surface area contributed by atoms with Gasteiger partial charge in [0.1, 0.15) is 12.7 Å². The first kappa shape index (κ1) is 50.2. The first-order valence-electron chi connectivity index (χ1n) is 23.3. The van der Waals surface area contributed by atoms with Crippen molar-refractivity contribution in [3.63, 3.8) is 0 Å². The summed E-state index contributed by atoms with van der Waals surface area (Å²) in [7, 11) is 0. The van der Waals surface area contributed by atoms with Gasteiger partial charge in [-0.05, 0) is 19.3 Å². The molecule has 0 spiro atoms. The molecule has 0 rings (SSSR count). The van der Waals surface area contributed by atoms with Crippen LogP contribution in [0.1, 0.15) is 252 Å². The number of carbonyl (C=O) groups is 1. The van der Waals surface area contributed by atoms with E-state index in [4.69, 9.17) is 14.2 Å². The maximum Gasteiger partial charge on any atom is 0.407 e. The van der Waals surface area contributed by atoms with E-state index in [0.717, 1.165) is 32.3 Å². The summed E-state index contributed by atoms with van der Waals surface area (Å²) >= 11 is 0. The van der Waals surface area contributed by atoms with E-state index >= 15 is 0 Å². The standard InChI is InChI=1S/C46H93NO4/c1-4-7-10-13-15-17-19-21-23-25-27-29-31-33-35-38-41-49-43-45(44-51-46(48)47-40-37-12-9-6-3)50-42-39-36-34-32-30-28-26-24-22-20-18-16-14-11-8-5-2/h45H,4-44H2,1-3H3,(H,47,48)/t45-/m1/s1. The van der Waals surface area contributed by atoms with Gasteiger partial charge < -0.3 is 19.5 Å². The average Bonchev–Trinajstić information content (AvgIpc) is 3.14. The lowest BCUT2D eigenvalue weighted by Gasteiger charge is -2.18. The monoisotopic (exact) mass is 724 g/mol. The zero-order chi connectivity index (χ0) is 37.0. The molecule has 1 N–H and O–H groups in total. The van der Waals surface area contributed by atoms with Crippen LogP contribution < -0.4 is 5.32 Å². The quantitative estimate of drug-likeness (QED) is 0.0636. The van der Waals surface area contributed by atoms with Crippen LogP contribution >= 0.6 is 0 Å². The van der Waals surface area contributed by atoms with Crippen molar-refractivity contribution in [1.82, 2.24) is 5.32 Å². The van der Waals surface area contributed by atoms with E-state index in [1.54, 1.807) is 0 Å². The highest BCUT2D eigenvalue weighted by atomic mass is 16.6. The van der Waals surface area contributed by atoms with Crippen LogP contribution in [0.4, 0.5) is 4.79 Å². The lowest BCUT2D eigenvalue weighted by Crippen LogP contribution is -2.32. The highest BCUT2D eigenvalue weighted by Gasteiger charge is 2.13. The smallest absolute Gasteiger partial charge is 0.407 e. The molecule has 1 amide bonds. The van der Waals surface area contributed by atoms with Gasteiger partial charge in [-0.2, -0.15) is 0 Å². The third-order valence-corrected chi connectivity index (χ3v) is 10.5. The van der Waals surface area contributed by atoms with Crippen molar-refractivity contribution >= 4 is 6.09 Å². The van der Waals surface area contributed by atoms with E-state index < -0.39 is 0 Å². The Hall–Kier alpha value is -0.810. The third-order valence-electron chi connectivity index (χ3n) is 10.5. The maximum absolute atomic E-state index is 12.2. The summed E-state index contributed by atoms with van der Waals surface area (Å²) in [5.74, 6) is 0. The molecule has 5 nitrogen and oxygen atoms in total. The van der Waals surface area contributed by atoms with E-state index in [-0.39, 0.29) is 18.8 Å². The van der Waals surface area contributed by atoms with Gasteiger partial charge in [0.25, 0.3) is 0 Å². The molecule has 0 aromatic rings. The molecule has 306 valence electrons. The topological polar surface area (TPSA) is 56.8 Å². The first-order valence-corrected chi connectivity index (χ1v) is 23.3. The Bertz CT molecular complexity index is 645. The van der Waals surface area contributed by atoms with Crippen LogP contribution in [-0.4, -0.2) is 45.2 Å². The van der Waals surface area contributed by atoms with Crippen molar-refractivity contribution in [2.45, 2.75) is 258 Å². The molecule has 0 aliphatic carbocycles. The van der Waals surface area contributed by atoms with Crippen LogP contribution in [0.25, 0.3) is 0 Å². The molecule has 0 bridgehead atoms. The van der Waals surface area contributed by atoms with Crippen LogP contribution in [-0.2, 0) is 14.2 Å². The lowest BCUT2D eigenvalue weighted by atomic mass is 10.0. The number of carbonyl (C=O) groups excluding carboxylic acids is 1. The molecule has 0 radical (unpaired) electrons. The van der Waals surface area contributed by atoms with Gasteiger partial charge in [-0.3, -0.25) is 0 Å².